The molecule has 0 aromatic carbocycles. The molecule has 0 radical (unpaired) electrons. The number of piperidine rings is 2. The Bertz CT molecular complexity index is 311. The summed E-state index contributed by atoms with van der Waals surface area (Å²) in [6.45, 7) is 5.17. The summed E-state index contributed by atoms with van der Waals surface area (Å²) in [4.78, 5) is 5.32. The van der Waals surface area contributed by atoms with Crippen molar-refractivity contribution in [3.8, 4) is 0 Å². The van der Waals surface area contributed by atoms with E-state index >= 15 is 0 Å². The smallest absolute Gasteiger partial charge is 0.0166 e. The molecule has 3 aliphatic rings. The normalized spacial score (nSPS) is 35.7. The Morgan fingerprint density at radius 2 is 1.85 bits per heavy atom. The second-order valence-corrected chi connectivity index (χ2v) is 7.71. The fraction of sp³-hybridized carbons (Fsp3) is 1.00. The maximum absolute atomic E-state index is 6.60. The molecule has 3 heteroatoms. The van der Waals surface area contributed by atoms with Crippen molar-refractivity contribution in [1.82, 2.24) is 9.80 Å². The molecule has 116 valence electrons. The van der Waals surface area contributed by atoms with Gasteiger partial charge in [0.05, 0.1) is 0 Å². The number of rotatable bonds is 3. The molecule has 0 aromatic heterocycles. The zero-order valence-corrected chi connectivity index (χ0v) is 13.3. The van der Waals surface area contributed by atoms with Crippen molar-refractivity contribution in [2.24, 2.45) is 11.7 Å². The number of fused-ring (bicyclic) bond motifs is 1. The molecule has 0 spiro atoms. The molecule has 1 saturated carbocycles. The molecule has 2 N–H and O–H groups in total. The van der Waals surface area contributed by atoms with Crippen molar-refractivity contribution in [2.45, 2.75) is 69.4 Å². The van der Waals surface area contributed by atoms with E-state index in [2.05, 4.69) is 16.8 Å². The second kappa shape index (κ2) is 6.33. The van der Waals surface area contributed by atoms with Gasteiger partial charge in [-0.3, -0.25) is 0 Å². The van der Waals surface area contributed by atoms with Crippen molar-refractivity contribution in [3.63, 3.8) is 0 Å². The lowest BCUT2D eigenvalue weighted by Crippen LogP contribution is -2.53. The molecule has 2 unspecified atom stereocenters. The van der Waals surface area contributed by atoms with Crippen LogP contribution in [0.15, 0.2) is 0 Å². The third-order valence-electron chi connectivity index (χ3n) is 6.21. The van der Waals surface area contributed by atoms with E-state index in [0.717, 1.165) is 12.0 Å². The van der Waals surface area contributed by atoms with Crippen molar-refractivity contribution >= 4 is 0 Å². The van der Waals surface area contributed by atoms with E-state index in [9.17, 15) is 0 Å². The monoisotopic (exact) mass is 279 g/mol. The van der Waals surface area contributed by atoms with Crippen LogP contribution in [-0.4, -0.2) is 54.6 Å². The predicted molar refractivity (Wildman–Crippen MR) is 84.8 cm³/mol. The lowest BCUT2D eigenvalue weighted by molar-refractivity contribution is 0.0347. The third-order valence-corrected chi connectivity index (χ3v) is 6.21. The van der Waals surface area contributed by atoms with Gasteiger partial charge in [0.2, 0.25) is 0 Å². The maximum atomic E-state index is 6.60. The summed E-state index contributed by atoms with van der Waals surface area (Å²) >= 11 is 0. The minimum atomic E-state index is 0.165. The molecule has 3 nitrogen and oxygen atoms in total. The van der Waals surface area contributed by atoms with Gasteiger partial charge in [-0.15, -0.1) is 0 Å². The molecule has 3 rings (SSSR count). The Kier molecular flexibility index (Phi) is 4.68. The first kappa shape index (κ1) is 14.8. The van der Waals surface area contributed by atoms with Gasteiger partial charge in [0, 0.05) is 18.1 Å². The van der Waals surface area contributed by atoms with Gasteiger partial charge in [-0.05, 0) is 71.1 Å². The van der Waals surface area contributed by atoms with Crippen molar-refractivity contribution in [3.05, 3.63) is 0 Å². The number of likely N-dealkylation sites (tertiary alicyclic amines) is 2. The number of nitrogens with two attached hydrogens (primary N) is 1. The van der Waals surface area contributed by atoms with Gasteiger partial charge in [0.1, 0.15) is 0 Å². The number of hydrogen-bond acceptors (Lipinski definition) is 3. The number of hydrogen-bond donors (Lipinski definition) is 1. The van der Waals surface area contributed by atoms with Crippen LogP contribution in [-0.2, 0) is 0 Å². The largest absolute Gasteiger partial charge is 0.325 e. The summed E-state index contributed by atoms with van der Waals surface area (Å²) in [7, 11) is 2.32. The van der Waals surface area contributed by atoms with Crippen molar-refractivity contribution < 1.29 is 0 Å². The number of nitrogens with zero attached hydrogens (tertiary/aromatic N) is 2. The van der Waals surface area contributed by atoms with E-state index in [0.29, 0.717) is 0 Å². The Labute approximate surface area is 124 Å². The third kappa shape index (κ3) is 3.37. The first-order valence-electron chi connectivity index (χ1n) is 8.88. The fourth-order valence-electron chi connectivity index (χ4n) is 4.82. The van der Waals surface area contributed by atoms with Crippen LogP contribution in [0.25, 0.3) is 0 Å². The molecule has 0 bridgehead atoms. The van der Waals surface area contributed by atoms with Crippen molar-refractivity contribution in [2.75, 3.05) is 33.2 Å². The molecule has 0 amide bonds. The maximum Gasteiger partial charge on any atom is 0.0166 e. The Morgan fingerprint density at radius 3 is 2.65 bits per heavy atom. The van der Waals surface area contributed by atoms with Gasteiger partial charge >= 0.3 is 0 Å². The molecular weight excluding hydrogens is 246 g/mol. The predicted octanol–water partition coefficient (Wildman–Crippen LogP) is 2.45. The van der Waals surface area contributed by atoms with Crippen LogP contribution in [0.1, 0.15) is 57.8 Å². The summed E-state index contributed by atoms with van der Waals surface area (Å²) < 4.78 is 0. The highest BCUT2D eigenvalue weighted by Gasteiger charge is 2.35. The topological polar surface area (TPSA) is 32.5 Å². The van der Waals surface area contributed by atoms with Crippen molar-refractivity contribution in [1.29, 1.82) is 0 Å². The highest BCUT2D eigenvalue weighted by atomic mass is 15.2. The summed E-state index contributed by atoms with van der Waals surface area (Å²) in [5.41, 5.74) is 6.76. The first-order chi connectivity index (χ1) is 9.66. The quantitative estimate of drug-likeness (QED) is 0.861. The minimum Gasteiger partial charge on any atom is -0.325 e. The molecule has 2 heterocycles. The van der Waals surface area contributed by atoms with E-state index < -0.39 is 0 Å². The summed E-state index contributed by atoms with van der Waals surface area (Å²) in [6.07, 6.45) is 12.1. The van der Waals surface area contributed by atoms with E-state index in [-0.39, 0.29) is 5.54 Å². The van der Waals surface area contributed by atoms with Crippen LogP contribution in [0.2, 0.25) is 0 Å². The zero-order chi connectivity index (χ0) is 14.0. The minimum absolute atomic E-state index is 0.165. The summed E-state index contributed by atoms with van der Waals surface area (Å²) in [6, 6.07) is 0.863. The fourth-order valence-corrected chi connectivity index (χ4v) is 4.82. The Balaban J connectivity index is 1.47. The SMILES string of the molecule is CN1CCCC2CN(CCC3(N)CCCCC3)CCC21. The van der Waals surface area contributed by atoms with Gasteiger partial charge in [-0.1, -0.05) is 19.3 Å². The van der Waals surface area contributed by atoms with E-state index in [4.69, 9.17) is 5.73 Å². The summed E-state index contributed by atoms with van der Waals surface area (Å²) in [5, 5.41) is 0. The molecular formula is C17H33N3. The first-order valence-corrected chi connectivity index (χ1v) is 8.88. The Hall–Kier alpha value is -0.120. The Morgan fingerprint density at radius 1 is 1.05 bits per heavy atom. The molecule has 1 aliphatic carbocycles. The molecule has 2 aliphatic heterocycles. The van der Waals surface area contributed by atoms with Crippen LogP contribution in [0, 0.1) is 5.92 Å². The van der Waals surface area contributed by atoms with Crippen LogP contribution < -0.4 is 5.73 Å². The highest BCUT2D eigenvalue weighted by molar-refractivity contribution is 4.92. The molecule has 20 heavy (non-hydrogen) atoms. The van der Waals surface area contributed by atoms with Gasteiger partial charge in [0.25, 0.3) is 0 Å². The summed E-state index contributed by atoms with van der Waals surface area (Å²) in [5.74, 6) is 0.919. The average Bonchev–Trinajstić information content (AvgIpc) is 2.46. The van der Waals surface area contributed by atoms with Crippen LogP contribution in [0.3, 0.4) is 0 Å². The van der Waals surface area contributed by atoms with Gasteiger partial charge in [-0.25, -0.2) is 0 Å². The van der Waals surface area contributed by atoms with Gasteiger partial charge in [0.15, 0.2) is 0 Å². The highest BCUT2D eigenvalue weighted by Crippen LogP contribution is 2.32. The van der Waals surface area contributed by atoms with E-state index in [1.807, 2.05) is 0 Å². The second-order valence-electron chi connectivity index (χ2n) is 7.71. The van der Waals surface area contributed by atoms with Crippen LogP contribution in [0.5, 0.6) is 0 Å². The average molecular weight is 279 g/mol. The van der Waals surface area contributed by atoms with Crippen LogP contribution >= 0.6 is 0 Å². The standard InChI is InChI=1S/C17H33N3/c1-19-11-5-6-15-14-20(12-7-16(15)19)13-10-17(18)8-3-2-4-9-17/h15-16H,2-14,18H2,1H3. The van der Waals surface area contributed by atoms with Crippen LogP contribution in [0.4, 0.5) is 0 Å². The van der Waals surface area contributed by atoms with Gasteiger partial charge < -0.3 is 15.5 Å². The molecule has 3 fully saturated rings. The van der Waals surface area contributed by atoms with Gasteiger partial charge in [-0.2, -0.15) is 0 Å². The van der Waals surface area contributed by atoms with E-state index in [1.54, 1.807) is 0 Å². The molecule has 2 atom stereocenters. The zero-order valence-electron chi connectivity index (χ0n) is 13.3. The molecule has 0 aromatic rings. The van der Waals surface area contributed by atoms with E-state index in [1.165, 1.54) is 84.0 Å². The lowest BCUT2D eigenvalue weighted by atomic mass is 9.79. The lowest BCUT2D eigenvalue weighted by Gasteiger charge is -2.46. The molecule has 2 saturated heterocycles.